The van der Waals surface area contributed by atoms with Crippen LogP contribution < -0.4 is 0 Å². The molecule has 0 atom stereocenters. The Morgan fingerprint density at radius 2 is 1.81 bits per heavy atom. The van der Waals surface area contributed by atoms with Gasteiger partial charge in [-0.2, -0.15) is 0 Å². The van der Waals surface area contributed by atoms with E-state index in [1.807, 2.05) is 30.3 Å². The van der Waals surface area contributed by atoms with Crippen molar-refractivity contribution in [1.29, 1.82) is 0 Å². The highest BCUT2D eigenvalue weighted by Crippen LogP contribution is 2.25. The summed E-state index contributed by atoms with van der Waals surface area (Å²) in [6.45, 7) is 2.41. The van der Waals surface area contributed by atoms with Crippen molar-refractivity contribution in [2.45, 2.75) is 20.1 Å². The van der Waals surface area contributed by atoms with E-state index < -0.39 is 5.97 Å². The molecule has 0 fully saturated rings. The van der Waals surface area contributed by atoms with E-state index in [-0.39, 0.29) is 30.7 Å². The Hall–Kier alpha value is -2.99. The minimum absolute atomic E-state index is 0.0169. The van der Waals surface area contributed by atoms with Gasteiger partial charge in [0, 0.05) is 5.56 Å². The second kappa shape index (κ2) is 8.40. The Morgan fingerprint density at radius 3 is 2.50 bits per heavy atom. The maximum Gasteiger partial charge on any atom is 0.376 e. The molecule has 0 unspecified atom stereocenters. The maximum atomic E-state index is 13.2. The van der Waals surface area contributed by atoms with Crippen LogP contribution in [0.5, 0.6) is 0 Å². The van der Waals surface area contributed by atoms with Crippen molar-refractivity contribution in [3.63, 3.8) is 0 Å². The van der Waals surface area contributed by atoms with Gasteiger partial charge in [-0.05, 0) is 36.8 Å². The number of oxazole rings is 1. The van der Waals surface area contributed by atoms with Gasteiger partial charge in [0.05, 0.1) is 13.2 Å². The van der Waals surface area contributed by atoms with Crippen molar-refractivity contribution >= 4 is 5.97 Å². The molecule has 0 spiro atoms. The van der Waals surface area contributed by atoms with Crippen LogP contribution in [0.25, 0.3) is 11.3 Å². The first-order chi connectivity index (χ1) is 12.7. The first-order valence-corrected chi connectivity index (χ1v) is 8.21. The van der Waals surface area contributed by atoms with E-state index in [4.69, 9.17) is 13.9 Å². The quantitative estimate of drug-likeness (QED) is 0.589. The van der Waals surface area contributed by atoms with Crippen molar-refractivity contribution < 1.29 is 23.1 Å². The summed E-state index contributed by atoms with van der Waals surface area (Å²) in [5, 5.41) is 0. The predicted octanol–water partition coefficient (Wildman–Crippen LogP) is 4.37. The first-order valence-electron chi connectivity index (χ1n) is 8.21. The van der Waals surface area contributed by atoms with Gasteiger partial charge in [0.2, 0.25) is 11.7 Å². The van der Waals surface area contributed by atoms with Crippen molar-refractivity contribution in [1.82, 2.24) is 4.98 Å². The third-order valence-electron chi connectivity index (χ3n) is 3.59. The molecule has 0 aliphatic carbocycles. The summed E-state index contributed by atoms with van der Waals surface area (Å²) >= 11 is 0. The summed E-state index contributed by atoms with van der Waals surface area (Å²) in [5.74, 6) is -0.755. The maximum absolute atomic E-state index is 13.2. The SMILES string of the molecule is CCOC(=O)c1oc(COCc2ccccc2)nc1-c1ccc(F)cc1. The highest BCUT2D eigenvalue weighted by Gasteiger charge is 2.22. The van der Waals surface area contributed by atoms with Crippen LogP contribution in [0.4, 0.5) is 4.39 Å². The van der Waals surface area contributed by atoms with Gasteiger partial charge in [0.25, 0.3) is 0 Å². The Balaban J connectivity index is 1.79. The fourth-order valence-corrected chi connectivity index (χ4v) is 2.39. The number of halogens is 1. The average Bonchev–Trinajstić information content (AvgIpc) is 3.08. The zero-order valence-corrected chi connectivity index (χ0v) is 14.3. The van der Waals surface area contributed by atoms with E-state index in [0.29, 0.717) is 17.9 Å². The van der Waals surface area contributed by atoms with Gasteiger partial charge in [-0.25, -0.2) is 14.2 Å². The van der Waals surface area contributed by atoms with Crippen LogP contribution in [0.15, 0.2) is 59.0 Å². The Bertz CT molecular complexity index is 859. The molecule has 0 bridgehead atoms. The van der Waals surface area contributed by atoms with E-state index in [1.165, 1.54) is 24.3 Å². The van der Waals surface area contributed by atoms with Gasteiger partial charge in [-0.1, -0.05) is 30.3 Å². The van der Waals surface area contributed by atoms with Gasteiger partial charge in [-0.15, -0.1) is 0 Å². The van der Waals surface area contributed by atoms with E-state index in [0.717, 1.165) is 5.56 Å². The molecule has 0 aliphatic rings. The fourth-order valence-electron chi connectivity index (χ4n) is 2.39. The van der Waals surface area contributed by atoms with Crippen LogP contribution in [0.3, 0.4) is 0 Å². The molecule has 1 aromatic heterocycles. The van der Waals surface area contributed by atoms with Crippen LogP contribution >= 0.6 is 0 Å². The molecule has 2 aromatic carbocycles. The lowest BCUT2D eigenvalue weighted by Crippen LogP contribution is -2.04. The highest BCUT2D eigenvalue weighted by molar-refractivity contribution is 5.93. The number of carbonyl (C=O) groups excluding carboxylic acids is 1. The van der Waals surface area contributed by atoms with E-state index in [1.54, 1.807) is 6.92 Å². The molecule has 5 nitrogen and oxygen atoms in total. The molecule has 0 aliphatic heterocycles. The Labute approximate surface area is 150 Å². The molecule has 0 saturated carbocycles. The lowest BCUT2D eigenvalue weighted by atomic mass is 10.1. The van der Waals surface area contributed by atoms with Crippen molar-refractivity contribution in [3.8, 4) is 11.3 Å². The molecule has 26 heavy (non-hydrogen) atoms. The molecule has 0 radical (unpaired) electrons. The van der Waals surface area contributed by atoms with Crippen LogP contribution in [-0.4, -0.2) is 17.6 Å². The molecule has 0 amide bonds. The number of nitrogens with zero attached hydrogens (tertiary/aromatic N) is 1. The number of rotatable bonds is 7. The molecule has 3 rings (SSSR count). The first kappa shape index (κ1) is 17.8. The molecule has 1 heterocycles. The number of hydrogen-bond donors (Lipinski definition) is 0. The molecule has 3 aromatic rings. The smallest absolute Gasteiger partial charge is 0.376 e. The van der Waals surface area contributed by atoms with Crippen molar-refractivity contribution in [3.05, 3.63) is 77.6 Å². The molecule has 0 saturated heterocycles. The Kier molecular flexibility index (Phi) is 5.76. The second-order valence-electron chi connectivity index (χ2n) is 5.49. The Morgan fingerprint density at radius 1 is 1.08 bits per heavy atom. The molecular weight excluding hydrogens is 337 g/mol. The van der Waals surface area contributed by atoms with Crippen LogP contribution in [-0.2, 0) is 22.7 Å². The van der Waals surface area contributed by atoms with Crippen LogP contribution in [0.2, 0.25) is 0 Å². The zero-order valence-electron chi connectivity index (χ0n) is 14.3. The highest BCUT2D eigenvalue weighted by atomic mass is 19.1. The summed E-state index contributed by atoms with van der Waals surface area (Å²) in [5.41, 5.74) is 1.89. The van der Waals surface area contributed by atoms with Gasteiger partial charge in [-0.3, -0.25) is 0 Å². The zero-order chi connectivity index (χ0) is 18.4. The topological polar surface area (TPSA) is 61.6 Å². The van der Waals surface area contributed by atoms with Crippen molar-refractivity contribution in [2.24, 2.45) is 0 Å². The van der Waals surface area contributed by atoms with Gasteiger partial charge in [0.1, 0.15) is 18.1 Å². The number of benzene rings is 2. The predicted molar refractivity (Wildman–Crippen MR) is 92.8 cm³/mol. The number of ether oxygens (including phenoxy) is 2. The molecule has 6 heteroatoms. The standard InChI is InChI=1S/C20H18FNO4/c1-2-25-20(23)19-18(15-8-10-16(21)11-9-15)22-17(26-19)13-24-12-14-6-4-3-5-7-14/h3-11H,2,12-13H2,1H3. The summed E-state index contributed by atoms with van der Waals surface area (Å²) in [4.78, 5) is 16.5. The largest absolute Gasteiger partial charge is 0.460 e. The summed E-state index contributed by atoms with van der Waals surface area (Å²) in [7, 11) is 0. The van der Waals surface area contributed by atoms with Crippen LogP contribution in [0.1, 0.15) is 28.9 Å². The number of carbonyl (C=O) groups is 1. The normalized spacial score (nSPS) is 10.7. The lowest BCUT2D eigenvalue weighted by molar-refractivity contribution is 0.0476. The minimum Gasteiger partial charge on any atom is -0.460 e. The van der Waals surface area contributed by atoms with Crippen LogP contribution in [0, 0.1) is 5.82 Å². The third-order valence-corrected chi connectivity index (χ3v) is 3.59. The van der Waals surface area contributed by atoms with E-state index in [2.05, 4.69) is 4.98 Å². The molecule has 0 N–H and O–H groups in total. The summed E-state index contributed by atoms with van der Waals surface area (Å²) in [6.07, 6.45) is 0. The van der Waals surface area contributed by atoms with E-state index >= 15 is 0 Å². The van der Waals surface area contributed by atoms with Gasteiger partial charge >= 0.3 is 5.97 Å². The number of aromatic nitrogens is 1. The van der Waals surface area contributed by atoms with Gasteiger partial charge < -0.3 is 13.9 Å². The summed E-state index contributed by atoms with van der Waals surface area (Å²) in [6, 6.07) is 15.3. The average molecular weight is 355 g/mol. The van der Waals surface area contributed by atoms with Crippen molar-refractivity contribution in [2.75, 3.05) is 6.61 Å². The van der Waals surface area contributed by atoms with Gasteiger partial charge in [0.15, 0.2) is 0 Å². The third kappa shape index (κ3) is 4.34. The molecular formula is C20H18FNO4. The fraction of sp³-hybridized carbons (Fsp3) is 0.200. The minimum atomic E-state index is -0.617. The summed E-state index contributed by atoms with van der Waals surface area (Å²) < 4.78 is 29.3. The number of hydrogen-bond acceptors (Lipinski definition) is 5. The monoisotopic (exact) mass is 355 g/mol. The number of esters is 1. The molecule has 134 valence electrons. The second-order valence-corrected chi connectivity index (χ2v) is 5.49. The van der Waals surface area contributed by atoms with E-state index in [9.17, 15) is 9.18 Å². The lowest BCUT2D eigenvalue weighted by Gasteiger charge is -2.01.